The van der Waals surface area contributed by atoms with Gasteiger partial charge >= 0.3 is 0 Å². The van der Waals surface area contributed by atoms with Gasteiger partial charge in [0.2, 0.25) is 0 Å². The molecule has 0 unspecified atom stereocenters. The van der Waals surface area contributed by atoms with Crippen LogP contribution in [0.4, 0.5) is 0 Å². The fourth-order valence-corrected chi connectivity index (χ4v) is 1.73. The first-order valence-corrected chi connectivity index (χ1v) is 5.06. The zero-order chi connectivity index (χ0) is 10.7. The summed E-state index contributed by atoms with van der Waals surface area (Å²) < 4.78 is 2.16. The molecular weight excluding hydrogens is 186 g/mol. The summed E-state index contributed by atoms with van der Waals surface area (Å²) in [5.74, 6) is 1.02. The number of nitrogens with zero attached hydrogens (tertiary/aromatic N) is 2. The largest absolute Gasteiger partial charge is 0.314 e. The number of imidazole rings is 1. The zero-order valence-corrected chi connectivity index (χ0v) is 9.07. The molecule has 0 radical (unpaired) electrons. The van der Waals surface area contributed by atoms with Gasteiger partial charge in [-0.3, -0.25) is 4.57 Å². The van der Waals surface area contributed by atoms with Gasteiger partial charge in [0.1, 0.15) is 5.82 Å². The lowest BCUT2D eigenvalue weighted by atomic mass is 10.3. The van der Waals surface area contributed by atoms with Crippen molar-refractivity contribution in [2.75, 3.05) is 7.05 Å². The van der Waals surface area contributed by atoms with Gasteiger partial charge in [0.15, 0.2) is 0 Å². The molecule has 1 heterocycles. The Labute approximate surface area is 89.8 Å². The number of para-hydroxylation sites is 1. The molecule has 1 N–H and O–H groups in total. The molecule has 0 spiro atoms. The van der Waals surface area contributed by atoms with Gasteiger partial charge in [0.25, 0.3) is 0 Å². The summed E-state index contributed by atoms with van der Waals surface area (Å²) in [5.41, 5.74) is 2.35. The van der Waals surface area contributed by atoms with Crippen LogP contribution >= 0.6 is 0 Å². The molecule has 0 bridgehead atoms. The van der Waals surface area contributed by atoms with Gasteiger partial charge in [-0.25, -0.2) is 4.98 Å². The lowest BCUT2D eigenvalue weighted by Crippen LogP contribution is -2.10. The van der Waals surface area contributed by atoms with E-state index in [1.165, 1.54) is 5.69 Å². The Kier molecular flexibility index (Phi) is 2.83. The highest BCUT2D eigenvalue weighted by atomic mass is 15.1. The Hall–Kier alpha value is -1.61. The van der Waals surface area contributed by atoms with Gasteiger partial charge in [-0.05, 0) is 26.1 Å². The van der Waals surface area contributed by atoms with E-state index in [0.717, 1.165) is 18.1 Å². The molecule has 0 saturated heterocycles. The van der Waals surface area contributed by atoms with Crippen LogP contribution in [-0.2, 0) is 6.54 Å². The van der Waals surface area contributed by atoms with Crippen LogP contribution in [0.1, 0.15) is 11.5 Å². The molecule has 0 aliphatic rings. The Bertz CT molecular complexity index is 431. The van der Waals surface area contributed by atoms with Crippen molar-refractivity contribution in [1.82, 2.24) is 14.9 Å². The lowest BCUT2D eigenvalue weighted by molar-refractivity contribution is 0.761. The van der Waals surface area contributed by atoms with Gasteiger partial charge in [0.05, 0.1) is 11.9 Å². The van der Waals surface area contributed by atoms with E-state index in [2.05, 4.69) is 27.0 Å². The fraction of sp³-hybridized carbons (Fsp3) is 0.250. The summed E-state index contributed by atoms with van der Waals surface area (Å²) in [6, 6.07) is 10.3. The van der Waals surface area contributed by atoms with Crippen molar-refractivity contribution in [2.24, 2.45) is 0 Å². The average Bonchev–Trinajstić information content (AvgIpc) is 2.62. The van der Waals surface area contributed by atoms with E-state index in [1.807, 2.05) is 38.4 Å². The van der Waals surface area contributed by atoms with Gasteiger partial charge in [0, 0.05) is 12.2 Å². The van der Waals surface area contributed by atoms with Crippen molar-refractivity contribution in [3.63, 3.8) is 0 Å². The Morgan fingerprint density at radius 3 is 2.67 bits per heavy atom. The van der Waals surface area contributed by atoms with Crippen LogP contribution in [-0.4, -0.2) is 16.6 Å². The van der Waals surface area contributed by atoms with E-state index >= 15 is 0 Å². The highest BCUT2D eigenvalue weighted by molar-refractivity contribution is 5.35. The van der Waals surface area contributed by atoms with E-state index in [9.17, 15) is 0 Å². The lowest BCUT2D eigenvalue weighted by Gasteiger charge is -2.09. The first-order valence-electron chi connectivity index (χ1n) is 5.06. The normalized spacial score (nSPS) is 10.5. The second-order valence-electron chi connectivity index (χ2n) is 3.50. The van der Waals surface area contributed by atoms with Crippen LogP contribution in [0.25, 0.3) is 5.69 Å². The second kappa shape index (κ2) is 4.28. The number of hydrogen-bond acceptors (Lipinski definition) is 2. The monoisotopic (exact) mass is 201 g/mol. The molecule has 3 nitrogen and oxygen atoms in total. The first kappa shape index (κ1) is 9.93. The molecule has 2 aromatic rings. The van der Waals surface area contributed by atoms with Crippen molar-refractivity contribution in [3.05, 3.63) is 48.0 Å². The summed E-state index contributed by atoms with van der Waals surface area (Å²) in [7, 11) is 1.94. The maximum absolute atomic E-state index is 4.33. The van der Waals surface area contributed by atoms with E-state index in [1.54, 1.807) is 0 Å². The number of benzene rings is 1. The predicted octanol–water partition coefficient (Wildman–Crippen LogP) is 1.90. The third-order valence-corrected chi connectivity index (χ3v) is 2.38. The van der Waals surface area contributed by atoms with Crippen molar-refractivity contribution in [2.45, 2.75) is 13.5 Å². The van der Waals surface area contributed by atoms with E-state index in [4.69, 9.17) is 0 Å². The summed E-state index contributed by atoms with van der Waals surface area (Å²) in [6.45, 7) is 2.85. The highest BCUT2D eigenvalue weighted by Crippen LogP contribution is 2.13. The summed E-state index contributed by atoms with van der Waals surface area (Å²) in [4.78, 5) is 4.33. The zero-order valence-electron chi connectivity index (χ0n) is 9.07. The van der Waals surface area contributed by atoms with E-state index < -0.39 is 0 Å². The molecule has 1 aromatic heterocycles. The van der Waals surface area contributed by atoms with Gasteiger partial charge in [-0.1, -0.05) is 18.2 Å². The smallest absolute Gasteiger partial charge is 0.110 e. The summed E-state index contributed by atoms with van der Waals surface area (Å²) >= 11 is 0. The number of aryl methyl sites for hydroxylation is 1. The Balaban J connectivity index is 2.47. The van der Waals surface area contributed by atoms with Crippen LogP contribution < -0.4 is 5.32 Å². The van der Waals surface area contributed by atoms with Crippen molar-refractivity contribution in [1.29, 1.82) is 0 Å². The number of nitrogens with one attached hydrogen (secondary N) is 1. The Morgan fingerprint density at radius 2 is 2.00 bits per heavy atom. The van der Waals surface area contributed by atoms with E-state index in [-0.39, 0.29) is 0 Å². The number of hydrogen-bond donors (Lipinski definition) is 1. The first-order chi connectivity index (χ1) is 7.33. The van der Waals surface area contributed by atoms with E-state index in [0.29, 0.717) is 0 Å². The molecule has 0 atom stereocenters. The fourth-order valence-electron chi connectivity index (χ4n) is 1.73. The molecule has 0 amide bonds. The van der Waals surface area contributed by atoms with Crippen molar-refractivity contribution >= 4 is 0 Å². The van der Waals surface area contributed by atoms with Gasteiger partial charge in [-0.2, -0.15) is 0 Å². The standard InChI is InChI=1S/C12H15N3/c1-10-14-9-12(8-13-2)15(10)11-6-4-3-5-7-11/h3-7,9,13H,8H2,1-2H3. The number of rotatable bonds is 3. The van der Waals surface area contributed by atoms with Crippen LogP contribution in [0, 0.1) is 6.92 Å². The molecule has 0 aliphatic heterocycles. The topological polar surface area (TPSA) is 29.9 Å². The minimum atomic E-state index is 0.829. The Morgan fingerprint density at radius 1 is 1.27 bits per heavy atom. The van der Waals surface area contributed by atoms with Gasteiger partial charge in [-0.15, -0.1) is 0 Å². The van der Waals surface area contributed by atoms with Crippen molar-refractivity contribution in [3.8, 4) is 5.69 Å². The van der Waals surface area contributed by atoms with Crippen LogP contribution in [0.5, 0.6) is 0 Å². The van der Waals surface area contributed by atoms with Crippen LogP contribution in [0.3, 0.4) is 0 Å². The minimum absolute atomic E-state index is 0.829. The predicted molar refractivity (Wildman–Crippen MR) is 61.1 cm³/mol. The maximum Gasteiger partial charge on any atom is 0.110 e. The SMILES string of the molecule is CNCc1cnc(C)n1-c1ccccc1. The molecule has 78 valence electrons. The quantitative estimate of drug-likeness (QED) is 0.822. The van der Waals surface area contributed by atoms with Crippen LogP contribution in [0.15, 0.2) is 36.5 Å². The van der Waals surface area contributed by atoms with Crippen molar-refractivity contribution < 1.29 is 0 Å². The molecular formula is C12H15N3. The third kappa shape index (κ3) is 1.92. The summed E-state index contributed by atoms with van der Waals surface area (Å²) in [5, 5.41) is 3.15. The molecule has 0 fully saturated rings. The average molecular weight is 201 g/mol. The number of aromatic nitrogens is 2. The third-order valence-electron chi connectivity index (χ3n) is 2.38. The van der Waals surface area contributed by atoms with Crippen LogP contribution in [0.2, 0.25) is 0 Å². The molecule has 1 aromatic carbocycles. The molecule has 3 heteroatoms. The maximum atomic E-state index is 4.33. The molecule has 0 saturated carbocycles. The minimum Gasteiger partial charge on any atom is -0.314 e. The molecule has 15 heavy (non-hydrogen) atoms. The molecule has 2 rings (SSSR count). The van der Waals surface area contributed by atoms with Gasteiger partial charge < -0.3 is 5.32 Å². The summed E-state index contributed by atoms with van der Waals surface area (Å²) in [6.07, 6.45) is 1.92. The second-order valence-corrected chi connectivity index (χ2v) is 3.50. The molecule has 0 aliphatic carbocycles. The highest BCUT2D eigenvalue weighted by Gasteiger charge is 2.06.